The summed E-state index contributed by atoms with van der Waals surface area (Å²) in [6, 6.07) is 8.34. The molecule has 0 radical (unpaired) electrons. The molecule has 7 nitrogen and oxygen atoms in total. The summed E-state index contributed by atoms with van der Waals surface area (Å²) < 4.78 is 0. The van der Waals surface area contributed by atoms with Crippen molar-refractivity contribution < 1.29 is 4.79 Å². The molecular formula is C21H30N6O. The molecule has 7 heteroatoms. The van der Waals surface area contributed by atoms with Crippen LogP contribution < -0.4 is 15.1 Å². The van der Waals surface area contributed by atoms with Crippen molar-refractivity contribution in [1.29, 1.82) is 0 Å². The van der Waals surface area contributed by atoms with Crippen LogP contribution in [0.3, 0.4) is 0 Å². The van der Waals surface area contributed by atoms with E-state index in [-0.39, 0.29) is 5.91 Å². The van der Waals surface area contributed by atoms with E-state index in [1.807, 2.05) is 11.0 Å². The molecule has 2 aromatic rings. The van der Waals surface area contributed by atoms with E-state index in [9.17, 15) is 4.79 Å². The lowest BCUT2D eigenvalue weighted by molar-refractivity contribution is -0.129. The number of piperazine rings is 1. The van der Waals surface area contributed by atoms with Gasteiger partial charge in [-0.15, -0.1) is 0 Å². The fraction of sp³-hybridized carbons (Fsp3) is 0.476. The number of carbonyl (C=O) groups excluding carboxylic acids is 1. The maximum atomic E-state index is 11.5. The minimum Gasteiger partial charge on any atom is -0.372 e. The Balaban J connectivity index is 1.70. The average molecular weight is 383 g/mol. The van der Waals surface area contributed by atoms with E-state index in [2.05, 4.69) is 64.1 Å². The lowest BCUT2D eigenvalue weighted by Crippen LogP contribution is -2.48. The molecule has 0 bridgehead atoms. The van der Waals surface area contributed by atoms with Gasteiger partial charge in [0.15, 0.2) is 0 Å². The molecule has 0 spiro atoms. The molecule has 1 fully saturated rings. The molecule has 0 saturated carbocycles. The van der Waals surface area contributed by atoms with Crippen molar-refractivity contribution in [1.82, 2.24) is 14.9 Å². The monoisotopic (exact) mass is 382 g/mol. The van der Waals surface area contributed by atoms with Gasteiger partial charge in [-0.1, -0.05) is 0 Å². The number of carbonyl (C=O) groups is 1. The first-order chi connectivity index (χ1) is 13.5. The van der Waals surface area contributed by atoms with Crippen LogP contribution in [0.5, 0.6) is 0 Å². The number of nitrogens with one attached hydrogen (secondary N) is 1. The minimum atomic E-state index is 0.125. The van der Waals surface area contributed by atoms with Crippen LogP contribution in [0.1, 0.15) is 26.3 Å². The highest BCUT2D eigenvalue weighted by atomic mass is 16.2. The highest BCUT2D eigenvalue weighted by Crippen LogP contribution is 2.25. The van der Waals surface area contributed by atoms with Gasteiger partial charge in [0.2, 0.25) is 11.9 Å². The summed E-state index contributed by atoms with van der Waals surface area (Å²) in [5.74, 6) is 1.60. The molecule has 0 aliphatic carbocycles. The smallest absolute Gasteiger partial charge is 0.227 e. The van der Waals surface area contributed by atoms with Gasteiger partial charge in [0.05, 0.1) is 0 Å². The number of amides is 1. The Morgan fingerprint density at radius 2 is 1.86 bits per heavy atom. The van der Waals surface area contributed by atoms with E-state index >= 15 is 0 Å². The molecule has 2 heterocycles. The second kappa shape index (κ2) is 8.91. The van der Waals surface area contributed by atoms with Gasteiger partial charge < -0.3 is 20.0 Å². The maximum Gasteiger partial charge on any atom is 0.227 e. The van der Waals surface area contributed by atoms with E-state index in [1.54, 1.807) is 13.1 Å². The Kier molecular flexibility index (Phi) is 6.34. The highest BCUT2D eigenvalue weighted by molar-refractivity contribution is 5.73. The molecule has 1 aromatic carbocycles. The Bertz CT molecular complexity index is 812. The van der Waals surface area contributed by atoms with Gasteiger partial charge in [0.1, 0.15) is 5.82 Å². The van der Waals surface area contributed by atoms with Crippen molar-refractivity contribution in [3.63, 3.8) is 0 Å². The third kappa shape index (κ3) is 4.52. The molecule has 1 aliphatic rings. The minimum absolute atomic E-state index is 0.125. The van der Waals surface area contributed by atoms with Gasteiger partial charge in [-0.3, -0.25) is 4.79 Å². The van der Waals surface area contributed by atoms with Gasteiger partial charge in [-0.25, -0.2) is 4.98 Å². The fourth-order valence-corrected chi connectivity index (χ4v) is 3.50. The zero-order chi connectivity index (χ0) is 20.1. The van der Waals surface area contributed by atoms with Crippen LogP contribution in [0.4, 0.5) is 23.1 Å². The zero-order valence-electron chi connectivity index (χ0n) is 17.3. The third-order valence-electron chi connectivity index (χ3n) is 5.25. The molecule has 0 atom stereocenters. The number of rotatable bonds is 6. The predicted octanol–water partition coefficient (Wildman–Crippen LogP) is 3.04. The Morgan fingerprint density at radius 1 is 1.14 bits per heavy atom. The van der Waals surface area contributed by atoms with E-state index in [0.717, 1.165) is 37.7 Å². The van der Waals surface area contributed by atoms with Gasteiger partial charge in [-0.05, 0) is 50.6 Å². The lowest BCUT2D eigenvalue weighted by Gasteiger charge is -2.34. The second-order valence-electron chi connectivity index (χ2n) is 7.03. The van der Waals surface area contributed by atoms with Crippen LogP contribution in [0.15, 0.2) is 30.5 Å². The number of nitrogens with zero attached hydrogens (tertiary/aromatic N) is 5. The van der Waals surface area contributed by atoms with Crippen LogP contribution >= 0.6 is 0 Å². The largest absolute Gasteiger partial charge is 0.372 e. The van der Waals surface area contributed by atoms with Crippen LogP contribution in [0, 0.1) is 6.92 Å². The molecular weight excluding hydrogens is 352 g/mol. The summed E-state index contributed by atoms with van der Waals surface area (Å²) in [5, 5.41) is 3.42. The number of aromatic nitrogens is 2. The molecule has 28 heavy (non-hydrogen) atoms. The Labute approximate surface area is 167 Å². The van der Waals surface area contributed by atoms with Crippen molar-refractivity contribution in [2.75, 3.05) is 54.4 Å². The van der Waals surface area contributed by atoms with Crippen LogP contribution in [0.2, 0.25) is 0 Å². The first-order valence-electron chi connectivity index (χ1n) is 9.98. The van der Waals surface area contributed by atoms with Crippen molar-refractivity contribution in [2.45, 2.75) is 27.7 Å². The molecule has 1 aliphatic heterocycles. The standard InChI is InChI=1S/C21H30N6O/c1-5-25(6-2)18-7-8-19(16(3)15-18)23-20-9-10-22-21(24-20)27-13-11-26(12-14-27)17(4)28/h7-10,15H,5-6,11-14H2,1-4H3,(H,22,23,24). The molecule has 1 saturated heterocycles. The van der Waals surface area contributed by atoms with Gasteiger partial charge in [0.25, 0.3) is 0 Å². The summed E-state index contributed by atoms with van der Waals surface area (Å²) in [4.78, 5) is 26.9. The first kappa shape index (κ1) is 19.9. The maximum absolute atomic E-state index is 11.5. The van der Waals surface area contributed by atoms with Crippen molar-refractivity contribution in [3.8, 4) is 0 Å². The number of hydrogen-bond donors (Lipinski definition) is 1. The Morgan fingerprint density at radius 3 is 2.46 bits per heavy atom. The second-order valence-corrected chi connectivity index (χ2v) is 7.03. The fourth-order valence-electron chi connectivity index (χ4n) is 3.50. The summed E-state index contributed by atoms with van der Waals surface area (Å²) in [6.07, 6.45) is 1.78. The normalized spacial score (nSPS) is 14.1. The zero-order valence-corrected chi connectivity index (χ0v) is 17.3. The predicted molar refractivity (Wildman–Crippen MR) is 115 cm³/mol. The number of aryl methyl sites for hydroxylation is 1. The average Bonchev–Trinajstić information content (AvgIpc) is 2.71. The van der Waals surface area contributed by atoms with E-state index in [4.69, 9.17) is 0 Å². The summed E-state index contributed by atoms with van der Waals surface area (Å²) in [7, 11) is 0. The SMILES string of the molecule is CCN(CC)c1ccc(Nc2ccnc(N3CCN(C(C)=O)CC3)n2)c(C)c1. The van der Waals surface area contributed by atoms with Gasteiger partial charge in [0, 0.05) is 63.8 Å². The number of hydrogen-bond acceptors (Lipinski definition) is 6. The number of benzene rings is 1. The first-order valence-corrected chi connectivity index (χ1v) is 9.98. The molecule has 1 aromatic heterocycles. The van der Waals surface area contributed by atoms with Gasteiger partial charge in [-0.2, -0.15) is 4.98 Å². The van der Waals surface area contributed by atoms with E-state index in [1.165, 1.54) is 11.3 Å². The van der Waals surface area contributed by atoms with Crippen LogP contribution in [-0.2, 0) is 4.79 Å². The molecule has 1 amide bonds. The van der Waals surface area contributed by atoms with Gasteiger partial charge >= 0.3 is 0 Å². The van der Waals surface area contributed by atoms with Crippen LogP contribution in [0.25, 0.3) is 0 Å². The van der Waals surface area contributed by atoms with Crippen molar-refractivity contribution in [2.24, 2.45) is 0 Å². The van der Waals surface area contributed by atoms with E-state index in [0.29, 0.717) is 19.0 Å². The van der Waals surface area contributed by atoms with Crippen LogP contribution in [-0.4, -0.2) is 60.0 Å². The van der Waals surface area contributed by atoms with Crippen molar-refractivity contribution >= 4 is 29.0 Å². The summed E-state index contributed by atoms with van der Waals surface area (Å²) in [6.45, 7) is 13.0. The summed E-state index contributed by atoms with van der Waals surface area (Å²) in [5.41, 5.74) is 3.46. The molecule has 150 valence electrons. The highest BCUT2D eigenvalue weighted by Gasteiger charge is 2.20. The topological polar surface area (TPSA) is 64.6 Å². The molecule has 3 rings (SSSR count). The quantitative estimate of drug-likeness (QED) is 0.828. The van der Waals surface area contributed by atoms with E-state index < -0.39 is 0 Å². The Hall–Kier alpha value is -2.83. The third-order valence-corrected chi connectivity index (χ3v) is 5.25. The number of anilines is 4. The molecule has 0 unspecified atom stereocenters. The molecule has 1 N–H and O–H groups in total. The lowest BCUT2D eigenvalue weighted by atomic mass is 10.1. The summed E-state index contributed by atoms with van der Waals surface area (Å²) >= 11 is 0. The van der Waals surface area contributed by atoms with Crippen molar-refractivity contribution in [3.05, 3.63) is 36.0 Å².